The van der Waals surface area contributed by atoms with Crippen LogP contribution in [0.15, 0.2) is 11.6 Å². The van der Waals surface area contributed by atoms with Gasteiger partial charge < -0.3 is 14.6 Å². The third-order valence-corrected chi connectivity index (χ3v) is 6.56. The average molecular weight is 412 g/mol. The fourth-order valence-electron chi connectivity index (χ4n) is 3.58. The molecule has 2 aromatic heterocycles. The van der Waals surface area contributed by atoms with Gasteiger partial charge in [-0.05, 0) is 69.7 Å². The van der Waals surface area contributed by atoms with Crippen LogP contribution in [0.1, 0.15) is 57.5 Å². The first-order valence-electron chi connectivity index (χ1n) is 9.75. The van der Waals surface area contributed by atoms with Crippen LogP contribution in [-0.2, 0) is 29.4 Å². The van der Waals surface area contributed by atoms with Gasteiger partial charge in [0, 0.05) is 23.3 Å². The van der Waals surface area contributed by atoms with Crippen molar-refractivity contribution < 1.29 is 14.3 Å². The second-order valence-corrected chi connectivity index (χ2v) is 8.25. The zero-order chi connectivity index (χ0) is 21.1. The van der Waals surface area contributed by atoms with Gasteiger partial charge >= 0.3 is 5.97 Å². The lowest BCUT2D eigenvalue weighted by atomic mass is 9.95. The van der Waals surface area contributed by atoms with Crippen LogP contribution in [0, 0.1) is 25.2 Å². The Morgan fingerprint density at radius 1 is 1.34 bits per heavy atom. The first-order chi connectivity index (χ1) is 13.9. The van der Waals surface area contributed by atoms with Gasteiger partial charge in [0.05, 0.1) is 12.2 Å². The summed E-state index contributed by atoms with van der Waals surface area (Å²) in [6.45, 7) is 5.94. The van der Waals surface area contributed by atoms with Crippen LogP contribution in [0.25, 0.3) is 6.08 Å². The van der Waals surface area contributed by atoms with Crippen molar-refractivity contribution in [3.05, 3.63) is 44.6 Å². The molecule has 0 aliphatic heterocycles. The summed E-state index contributed by atoms with van der Waals surface area (Å²) in [6, 6.07) is 3.93. The Morgan fingerprint density at radius 3 is 2.69 bits per heavy atom. The monoisotopic (exact) mass is 411 g/mol. The summed E-state index contributed by atoms with van der Waals surface area (Å²) in [4.78, 5) is 26.5. The number of aryl methyl sites for hydroxylation is 2. The average Bonchev–Trinajstić information content (AvgIpc) is 3.18. The standard InChI is InChI=1S/C22H25N3O3S/c1-5-28-22(27)19-17-8-6-7-9-18(17)29-21(19)24-20(26)16(12-23)11-15-10-13(2)25(4)14(15)3/h10-11H,5-9H2,1-4H3,(H,24,26). The molecule has 0 bridgehead atoms. The lowest BCUT2D eigenvalue weighted by Gasteiger charge is -2.12. The zero-order valence-corrected chi connectivity index (χ0v) is 18.0. The summed E-state index contributed by atoms with van der Waals surface area (Å²) in [7, 11) is 1.94. The Morgan fingerprint density at radius 2 is 2.07 bits per heavy atom. The van der Waals surface area contributed by atoms with Crippen LogP contribution < -0.4 is 5.32 Å². The van der Waals surface area contributed by atoms with Crippen LogP contribution in [0.2, 0.25) is 0 Å². The second-order valence-electron chi connectivity index (χ2n) is 7.14. The number of carbonyl (C=O) groups excluding carboxylic acids is 2. The van der Waals surface area contributed by atoms with E-state index in [1.165, 1.54) is 11.3 Å². The number of hydrogen-bond acceptors (Lipinski definition) is 5. The smallest absolute Gasteiger partial charge is 0.341 e. The number of hydrogen-bond donors (Lipinski definition) is 1. The van der Waals surface area contributed by atoms with Crippen molar-refractivity contribution in [3.8, 4) is 6.07 Å². The van der Waals surface area contributed by atoms with E-state index in [0.717, 1.165) is 53.1 Å². The molecule has 0 saturated carbocycles. The van der Waals surface area contributed by atoms with Crippen molar-refractivity contribution >= 4 is 34.3 Å². The lowest BCUT2D eigenvalue weighted by Crippen LogP contribution is -2.16. The van der Waals surface area contributed by atoms with E-state index < -0.39 is 11.9 Å². The van der Waals surface area contributed by atoms with E-state index in [9.17, 15) is 14.9 Å². The maximum Gasteiger partial charge on any atom is 0.341 e. The minimum absolute atomic E-state index is 0.000110. The molecule has 1 N–H and O–H groups in total. The van der Waals surface area contributed by atoms with Crippen molar-refractivity contribution in [2.24, 2.45) is 7.05 Å². The van der Waals surface area contributed by atoms with Crippen LogP contribution in [0.4, 0.5) is 5.00 Å². The van der Waals surface area contributed by atoms with E-state index >= 15 is 0 Å². The number of rotatable bonds is 5. The molecule has 3 rings (SSSR count). The fraction of sp³-hybridized carbons (Fsp3) is 0.409. The molecule has 0 atom stereocenters. The van der Waals surface area contributed by atoms with E-state index in [1.54, 1.807) is 13.0 Å². The predicted octanol–water partition coefficient (Wildman–Crippen LogP) is 4.30. The molecule has 0 radical (unpaired) electrons. The van der Waals surface area contributed by atoms with Crippen molar-refractivity contribution in [2.45, 2.75) is 46.5 Å². The first-order valence-corrected chi connectivity index (χ1v) is 10.6. The van der Waals surface area contributed by atoms with Gasteiger partial charge in [-0.2, -0.15) is 5.26 Å². The van der Waals surface area contributed by atoms with Gasteiger partial charge in [-0.15, -0.1) is 11.3 Å². The van der Waals surface area contributed by atoms with Crippen molar-refractivity contribution in [3.63, 3.8) is 0 Å². The number of carbonyl (C=O) groups is 2. The fourth-order valence-corrected chi connectivity index (χ4v) is 4.85. The summed E-state index contributed by atoms with van der Waals surface area (Å²) in [5, 5.41) is 12.8. The number of nitriles is 1. The summed E-state index contributed by atoms with van der Waals surface area (Å²) >= 11 is 1.41. The molecular weight excluding hydrogens is 386 g/mol. The highest BCUT2D eigenvalue weighted by Crippen LogP contribution is 2.38. The molecule has 152 valence electrons. The number of thiophene rings is 1. The Hall–Kier alpha value is -2.85. The second kappa shape index (κ2) is 8.66. The molecule has 2 aromatic rings. The van der Waals surface area contributed by atoms with E-state index in [1.807, 2.05) is 37.6 Å². The van der Waals surface area contributed by atoms with Gasteiger partial charge in [-0.1, -0.05) is 0 Å². The number of nitrogens with one attached hydrogen (secondary N) is 1. The van der Waals surface area contributed by atoms with Gasteiger partial charge in [0.15, 0.2) is 0 Å². The van der Waals surface area contributed by atoms with Gasteiger partial charge in [0.2, 0.25) is 0 Å². The number of amides is 1. The molecule has 0 fully saturated rings. The van der Waals surface area contributed by atoms with E-state index in [4.69, 9.17) is 4.74 Å². The Balaban J connectivity index is 1.94. The highest BCUT2D eigenvalue weighted by atomic mass is 32.1. The molecular formula is C22H25N3O3S. The molecule has 0 spiro atoms. The summed E-state index contributed by atoms with van der Waals surface area (Å²) in [5.41, 5.74) is 4.27. The summed E-state index contributed by atoms with van der Waals surface area (Å²) in [5.74, 6) is -0.934. The van der Waals surface area contributed by atoms with Gasteiger partial charge in [-0.3, -0.25) is 4.79 Å². The highest BCUT2D eigenvalue weighted by Gasteiger charge is 2.27. The summed E-state index contributed by atoms with van der Waals surface area (Å²) < 4.78 is 7.23. The topological polar surface area (TPSA) is 84.1 Å². The normalized spacial score (nSPS) is 13.6. The number of anilines is 1. The van der Waals surface area contributed by atoms with Crippen LogP contribution >= 0.6 is 11.3 Å². The number of aromatic nitrogens is 1. The van der Waals surface area contributed by atoms with Gasteiger partial charge in [0.25, 0.3) is 5.91 Å². The van der Waals surface area contributed by atoms with Gasteiger partial charge in [0.1, 0.15) is 16.6 Å². The molecule has 1 aliphatic rings. The molecule has 1 amide bonds. The molecule has 0 saturated heterocycles. The van der Waals surface area contributed by atoms with Gasteiger partial charge in [-0.25, -0.2) is 4.79 Å². The molecule has 2 heterocycles. The predicted molar refractivity (Wildman–Crippen MR) is 114 cm³/mol. The quantitative estimate of drug-likeness (QED) is 0.451. The molecule has 7 heteroatoms. The van der Waals surface area contributed by atoms with Crippen molar-refractivity contribution in [2.75, 3.05) is 11.9 Å². The maximum absolute atomic E-state index is 12.8. The first kappa shape index (κ1) is 20.9. The van der Waals surface area contributed by atoms with E-state index in [2.05, 4.69) is 5.32 Å². The van der Waals surface area contributed by atoms with E-state index in [-0.39, 0.29) is 12.2 Å². The number of nitrogens with zero attached hydrogens (tertiary/aromatic N) is 2. The number of esters is 1. The number of ether oxygens (including phenoxy) is 1. The molecule has 29 heavy (non-hydrogen) atoms. The van der Waals surface area contributed by atoms with Crippen LogP contribution in [0.3, 0.4) is 0 Å². The molecule has 6 nitrogen and oxygen atoms in total. The SMILES string of the molecule is CCOC(=O)c1c(NC(=O)C(C#N)=Cc2cc(C)n(C)c2C)sc2c1CCCC2. The third kappa shape index (κ3) is 4.13. The highest BCUT2D eigenvalue weighted by molar-refractivity contribution is 7.17. The van der Waals surface area contributed by atoms with Crippen molar-refractivity contribution in [1.82, 2.24) is 4.57 Å². The zero-order valence-electron chi connectivity index (χ0n) is 17.2. The number of fused-ring (bicyclic) bond motifs is 1. The minimum atomic E-state index is -0.516. The molecule has 0 unspecified atom stereocenters. The minimum Gasteiger partial charge on any atom is -0.462 e. The Labute approximate surface area is 174 Å². The van der Waals surface area contributed by atoms with Crippen LogP contribution in [0.5, 0.6) is 0 Å². The lowest BCUT2D eigenvalue weighted by molar-refractivity contribution is -0.112. The third-order valence-electron chi connectivity index (χ3n) is 5.36. The van der Waals surface area contributed by atoms with Crippen molar-refractivity contribution in [1.29, 1.82) is 5.26 Å². The Bertz CT molecular complexity index is 1040. The maximum atomic E-state index is 12.8. The summed E-state index contributed by atoms with van der Waals surface area (Å²) in [6.07, 6.45) is 5.37. The van der Waals surface area contributed by atoms with E-state index in [0.29, 0.717) is 10.6 Å². The van der Waals surface area contributed by atoms with Crippen LogP contribution in [-0.4, -0.2) is 23.1 Å². The Kier molecular flexibility index (Phi) is 6.23. The largest absolute Gasteiger partial charge is 0.462 e. The molecule has 1 aliphatic carbocycles. The molecule has 0 aromatic carbocycles.